The van der Waals surface area contributed by atoms with Gasteiger partial charge in [0.25, 0.3) is 0 Å². The summed E-state index contributed by atoms with van der Waals surface area (Å²) in [6.07, 6.45) is 0. The topological polar surface area (TPSA) is 0 Å². The van der Waals surface area contributed by atoms with E-state index >= 15 is 0 Å². The standard InChI is InChI=1S/C21H39P2.C5H5.Fe/c1-18(2,3)22(19(4,5)6)16-14-13-15-17(16)23(20(7,8)9)21(10,11)12;1-2-4-5-3-1;/h13-15H,1-12H3;1-5H;/q2*-1;+2. The number of hydrogen-bond acceptors (Lipinski definition) is 0. The fourth-order valence-corrected chi connectivity index (χ4v) is 13.2. The van der Waals surface area contributed by atoms with E-state index in [-0.39, 0.29) is 32.9 Å². The van der Waals surface area contributed by atoms with E-state index in [0.29, 0.717) is 20.6 Å². The summed E-state index contributed by atoms with van der Waals surface area (Å²) in [5.41, 5.74) is 0. The molecule has 0 saturated heterocycles. The Morgan fingerprint density at radius 1 is 0.655 bits per heavy atom. The Hall–Kier alpha value is 0.0795. The van der Waals surface area contributed by atoms with Crippen LogP contribution in [-0.2, 0) is 17.1 Å². The number of rotatable bonds is 2. The Morgan fingerprint density at radius 2 is 1.07 bits per heavy atom. The summed E-state index contributed by atoms with van der Waals surface area (Å²) in [4.78, 5) is 0. The Balaban J connectivity index is 0.00000113. The van der Waals surface area contributed by atoms with E-state index in [1.54, 1.807) is 10.6 Å². The SMILES string of the molecule is CC(C)(C)P(c1ccc[c-]1P(C(C)(C)C)C(C)(C)C)C(C)(C)C.[Fe+2].c1cc[cH-]c1. The third-order valence-corrected chi connectivity index (χ3v) is 11.8. The van der Waals surface area contributed by atoms with Crippen molar-refractivity contribution >= 4 is 26.5 Å². The van der Waals surface area contributed by atoms with E-state index in [0.717, 1.165) is 0 Å². The zero-order chi connectivity index (χ0) is 22.0. The largest absolute Gasteiger partial charge is 2.00 e. The molecule has 0 radical (unpaired) electrons. The summed E-state index contributed by atoms with van der Waals surface area (Å²) in [5.74, 6) is 0. The van der Waals surface area contributed by atoms with Gasteiger partial charge in [0, 0.05) is 0 Å². The van der Waals surface area contributed by atoms with Crippen molar-refractivity contribution in [3.8, 4) is 0 Å². The Bertz CT molecular complexity index is 591. The van der Waals surface area contributed by atoms with Gasteiger partial charge in [-0.25, -0.2) is 24.3 Å². The van der Waals surface area contributed by atoms with Gasteiger partial charge in [0.1, 0.15) is 0 Å². The van der Waals surface area contributed by atoms with Crippen molar-refractivity contribution in [3.63, 3.8) is 0 Å². The Kier molecular flexibility index (Phi) is 10.6. The first-order valence-corrected chi connectivity index (χ1v) is 13.2. The third-order valence-electron chi connectivity index (χ3n) is 4.49. The molecule has 0 atom stereocenters. The van der Waals surface area contributed by atoms with Crippen molar-refractivity contribution in [2.24, 2.45) is 0 Å². The molecule has 0 N–H and O–H groups in total. The van der Waals surface area contributed by atoms with Crippen LogP contribution < -0.4 is 10.6 Å². The Labute approximate surface area is 195 Å². The van der Waals surface area contributed by atoms with Gasteiger partial charge in [-0.15, -0.1) is 18.5 Å². The molecule has 2 aromatic carbocycles. The van der Waals surface area contributed by atoms with Crippen molar-refractivity contribution in [2.45, 2.75) is 104 Å². The average Bonchev–Trinajstić information content (AvgIpc) is 3.07. The maximum atomic E-state index is 2.43. The summed E-state index contributed by atoms with van der Waals surface area (Å²) in [5, 5.41) is 4.63. The summed E-state index contributed by atoms with van der Waals surface area (Å²) < 4.78 is 0. The van der Waals surface area contributed by atoms with Gasteiger partial charge in [-0.2, -0.15) is 24.3 Å². The van der Waals surface area contributed by atoms with Crippen molar-refractivity contribution in [1.29, 1.82) is 0 Å². The molecule has 0 saturated carbocycles. The average molecular weight is 474 g/mol. The monoisotopic (exact) mass is 474 g/mol. The van der Waals surface area contributed by atoms with Crippen LogP contribution >= 0.6 is 15.8 Å². The van der Waals surface area contributed by atoms with Gasteiger partial charge in [0.05, 0.1) is 0 Å². The molecular weight excluding hydrogens is 430 g/mol. The van der Waals surface area contributed by atoms with Crippen LogP contribution in [0.25, 0.3) is 0 Å². The van der Waals surface area contributed by atoms with Crippen molar-refractivity contribution in [3.05, 3.63) is 48.5 Å². The van der Waals surface area contributed by atoms with E-state index in [9.17, 15) is 0 Å². The maximum Gasteiger partial charge on any atom is 2.00 e. The minimum Gasteiger partial charge on any atom is -0.214 e. The molecule has 29 heavy (non-hydrogen) atoms. The van der Waals surface area contributed by atoms with Crippen LogP contribution in [-0.4, -0.2) is 20.6 Å². The normalized spacial score (nSPS) is 13.2. The Morgan fingerprint density at radius 3 is 1.34 bits per heavy atom. The molecule has 0 bridgehead atoms. The summed E-state index contributed by atoms with van der Waals surface area (Å²) in [6.45, 7) is 29.1. The zero-order valence-corrected chi connectivity index (χ0v) is 23.8. The first-order chi connectivity index (χ1) is 12.5. The number of hydrogen-bond donors (Lipinski definition) is 0. The van der Waals surface area contributed by atoms with E-state index in [2.05, 4.69) is 101 Å². The van der Waals surface area contributed by atoms with Crippen LogP contribution in [0.5, 0.6) is 0 Å². The second kappa shape index (κ2) is 10.6. The minimum absolute atomic E-state index is 0. The molecule has 3 heteroatoms. The molecule has 0 amide bonds. The van der Waals surface area contributed by atoms with E-state index in [4.69, 9.17) is 0 Å². The smallest absolute Gasteiger partial charge is 0.214 e. The van der Waals surface area contributed by atoms with Gasteiger partial charge >= 0.3 is 17.1 Å². The molecular formula is C26H44FeP2. The second-order valence-corrected chi connectivity index (χ2v) is 19.3. The van der Waals surface area contributed by atoms with Crippen LogP contribution in [0, 0.1) is 0 Å². The molecule has 0 aliphatic rings. The minimum atomic E-state index is -0.232. The summed E-state index contributed by atoms with van der Waals surface area (Å²) >= 11 is 0. The van der Waals surface area contributed by atoms with E-state index in [1.807, 2.05) is 30.3 Å². The van der Waals surface area contributed by atoms with Crippen LogP contribution in [0.3, 0.4) is 0 Å². The molecule has 2 rings (SSSR count). The summed E-state index contributed by atoms with van der Waals surface area (Å²) in [6, 6.07) is 17.2. The molecule has 0 spiro atoms. The molecule has 0 fully saturated rings. The van der Waals surface area contributed by atoms with Crippen LogP contribution in [0.1, 0.15) is 83.1 Å². The fourth-order valence-electron chi connectivity index (χ4n) is 4.56. The van der Waals surface area contributed by atoms with Crippen LogP contribution in [0.4, 0.5) is 0 Å². The maximum absolute atomic E-state index is 2.43. The van der Waals surface area contributed by atoms with Crippen LogP contribution in [0.2, 0.25) is 0 Å². The predicted octanol–water partition coefficient (Wildman–Crippen LogP) is 8.22. The fraction of sp³-hybridized carbons (Fsp3) is 0.615. The molecule has 0 aliphatic carbocycles. The van der Waals surface area contributed by atoms with Crippen molar-refractivity contribution in [1.82, 2.24) is 0 Å². The molecule has 0 aromatic heterocycles. The zero-order valence-electron chi connectivity index (χ0n) is 20.9. The van der Waals surface area contributed by atoms with Crippen LogP contribution in [0.15, 0.2) is 48.5 Å². The van der Waals surface area contributed by atoms with Gasteiger partial charge in [-0.3, -0.25) is 0 Å². The van der Waals surface area contributed by atoms with Gasteiger partial charge < -0.3 is 0 Å². The molecule has 0 aliphatic heterocycles. The van der Waals surface area contributed by atoms with E-state index in [1.165, 1.54) is 0 Å². The molecule has 166 valence electrons. The molecule has 0 heterocycles. The second-order valence-electron chi connectivity index (χ2n) is 11.6. The first-order valence-electron chi connectivity index (χ1n) is 10.5. The van der Waals surface area contributed by atoms with Gasteiger partial charge in [0.15, 0.2) is 0 Å². The third kappa shape index (κ3) is 8.62. The molecule has 0 unspecified atom stereocenters. The quantitative estimate of drug-likeness (QED) is 0.234. The van der Waals surface area contributed by atoms with Crippen molar-refractivity contribution in [2.75, 3.05) is 0 Å². The van der Waals surface area contributed by atoms with Crippen molar-refractivity contribution < 1.29 is 17.1 Å². The van der Waals surface area contributed by atoms with Gasteiger partial charge in [0.2, 0.25) is 0 Å². The first kappa shape index (κ1) is 29.1. The molecule has 2 aromatic rings. The predicted molar refractivity (Wildman–Crippen MR) is 136 cm³/mol. The van der Waals surface area contributed by atoms with E-state index < -0.39 is 0 Å². The molecule has 0 nitrogen and oxygen atoms in total. The van der Waals surface area contributed by atoms with Gasteiger partial charge in [-0.05, 0) is 20.6 Å². The summed E-state index contributed by atoms with van der Waals surface area (Å²) in [7, 11) is -0.464. The van der Waals surface area contributed by atoms with Gasteiger partial charge in [-0.1, -0.05) is 91.0 Å².